The molecule has 0 bridgehead atoms. The standard InChI is InChI=1S/C30H20N4S/c1-2-9-20(10-3-1)28-27-22-11-5-4-8-19(22)14-16-24(27)32-29(34-28)21-15-17-25(31-18-21)30-33-23-12-6-7-13-26(23)35-30/h1-18,30,33H. The number of hydrogen-bond acceptors (Lipinski definition) is 5. The van der Waals surface area contributed by atoms with Crippen LogP contribution in [0, 0.1) is 0 Å². The highest BCUT2D eigenvalue weighted by Crippen LogP contribution is 2.45. The Bertz CT molecular complexity index is 1670. The van der Waals surface area contributed by atoms with E-state index in [2.05, 4.69) is 102 Å². The summed E-state index contributed by atoms with van der Waals surface area (Å²) in [7, 11) is 0. The summed E-state index contributed by atoms with van der Waals surface area (Å²) in [5.74, 6) is 0.681. The molecule has 2 aromatic heterocycles. The second-order valence-corrected chi connectivity index (χ2v) is 9.70. The molecule has 0 aliphatic carbocycles. The molecule has 7 rings (SSSR count). The molecule has 1 aliphatic heterocycles. The normalized spacial score (nSPS) is 14.7. The lowest BCUT2D eigenvalue weighted by Crippen LogP contribution is -2.04. The van der Waals surface area contributed by atoms with Crippen molar-refractivity contribution in [3.8, 4) is 22.6 Å². The number of rotatable bonds is 3. The summed E-state index contributed by atoms with van der Waals surface area (Å²) in [6.07, 6.45) is 1.89. The SMILES string of the molecule is c1ccc(-c2nc(-c3ccc(C4Nc5ccccc5S4)nc3)nc3ccc4ccccc4c23)cc1. The number of nitrogens with zero attached hydrogens (tertiary/aromatic N) is 3. The fourth-order valence-corrected chi connectivity index (χ4v) is 5.76. The first kappa shape index (κ1) is 20.2. The summed E-state index contributed by atoms with van der Waals surface area (Å²) in [6, 6.07) is 35.5. The van der Waals surface area contributed by atoms with E-state index in [1.807, 2.05) is 12.3 Å². The van der Waals surface area contributed by atoms with Crippen molar-refractivity contribution in [1.82, 2.24) is 15.0 Å². The van der Waals surface area contributed by atoms with Gasteiger partial charge in [-0.15, -0.1) is 0 Å². The van der Waals surface area contributed by atoms with Gasteiger partial charge in [0.2, 0.25) is 0 Å². The molecule has 4 aromatic carbocycles. The minimum Gasteiger partial charge on any atom is -0.367 e. The second kappa shape index (κ2) is 8.22. The fraction of sp³-hybridized carbons (Fsp3) is 0.0333. The molecule has 0 amide bonds. The van der Waals surface area contributed by atoms with Crippen molar-refractivity contribution in [3.63, 3.8) is 0 Å². The highest BCUT2D eigenvalue weighted by Gasteiger charge is 2.23. The number of hydrogen-bond donors (Lipinski definition) is 1. The molecule has 1 aliphatic rings. The molecule has 6 aromatic rings. The third-order valence-electron chi connectivity index (χ3n) is 6.37. The summed E-state index contributed by atoms with van der Waals surface area (Å²) in [5, 5.41) is 7.07. The molecule has 0 saturated heterocycles. The van der Waals surface area contributed by atoms with Crippen molar-refractivity contribution < 1.29 is 0 Å². The Kier molecular flexibility index (Phi) is 4.74. The highest BCUT2D eigenvalue weighted by atomic mass is 32.2. The minimum absolute atomic E-state index is 0.102. The summed E-state index contributed by atoms with van der Waals surface area (Å²) in [5.41, 5.74) is 6.00. The Hall–Kier alpha value is -4.22. The summed E-state index contributed by atoms with van der Waals surface area (Å²) in [4.78, 5) is 16.1. The molecule has 4 nitrogen and oxygen atoms in total. The first-order chi connectivity index (χ1) is 17.3. The maximum atomic E-state index is 5.08. The van der Waals surface area contributed by atoms with Crippen molar-refractivity contribution in [2.45, 2.75) is 10.3 Å². The lowest BCUT2D eigenvalue weighted by Gasteiger charge is -2.13. The maximum absolute atomic E-state index is 5.08. The van der Waals surface area contributed by atoms with Crippen molar-refractivity contribution in [1.29, 1.82) is 0 Å². The summed E-state index contributed by atoms with van der Waals surface area (Å²) >= 11 is 1.79. The number of aromatic nitrogens is 3. The maximum Gasteiger partial charge on any atom is 0.161 e. The third kappa shape index (κ3) is 3.52. The van der Waals surface area contributed by atoms with Crippen molar-refractivity contribution in [2.75, 3.05) is 5.32 Å². The van der Waals surface area contributed by atoms with Gasteiger partial charge in [0, 0.05) is 33.3 Å². The van der Waals surface area contributed by atoms with Crippen LogP contribution in [0.1, 0.15) is 11.1 Å². The molecule has 1 N–H and O–H groups in total. The monoisotopic (exact) mass is 468 g/mol. The predicted octanol–water partition coefficient (Wildman–Crippen LogP) is 7.73. The Morgan fingerprint density at radius 2 is 1.51 bits per heavy atom. The van der Waals surface area contributed by atoms with E-state index in [1.165, 1.54) is 10.3 Å². The number of para-hydroxylation sites is 1. The van der Waals surface area contributed by atoms with Gasteiger partial charge in [0.05, 0.1) is 16.9 Å². The smallest absolute Gasteiger partial charge is 0.161 e. The lowest BCUT2D eigenvalue weighted by atomic mass is 10.00. The van der Waals surface area contributed by atoms with Gasteiger partial charge in [-0.05, 0) is 41.1 Å². The van der Waals surface area contributed by atoms with Crippen LogP contribution < -0.4 is 5.32 Å². The molecule has 1 atom stereocenters. The van der Waals surface area contributed by atoms with Crippen LogP contribution in [0.15, 0.2) is 114 Å². The zero-order valence-electron chi connectivity index (χ0n) is 18.7. The van der Waals surface area contributed by atoms with E-state index in [1.54, 1.807) is 11.8 Å². The van der Waals surface area contributed by atoms with Gasteiger partial charge in [0.15, 0.2) is 5.82 Å². The van der Waals surface area contributed by atoms with E-state index < -0.39 is 0 Å². The van der Waals surface area contributed by atoms with Crippen molar-refractivity contribution >= 4 is 39.1 Å². The molecule has 3 heterocycles. The molecular weight excluding hydrogens is 448 g/mol. The Morgan fingerprint density at radius 1 is 0.686 bits per heavy atom. The van der Waals surface area contributed by atoms with Gasteiger partial charge in [0.1, 0.15) is 5.37 Å². The van der Waals surface area contributed by atoms with E-state index in [-0.39, 0.29) is 5.37 Å². The van der Waals surface area contributed by atoms with Gasteiger partial charge in [-0.2, -0.15) is 0 Å². The van der Waals surface area contributed by atoms with Gasteiger partial charge in [0.25, 0.3) is 0 Å². The highest BCUT2D eigenvalue weighted by molar-refractivity contribution is 8.00. The lowest BCUT2D eigenvalue weighted by molar-refractivity contribution is 1.03. The van der Waals surface area contributed by atoms with Crippen LogP contribution in [0.5, 0.6) is 0 Å². The summed E-state index contributed by atoms with van der Waals surface area (Å²) < 4.78 is 0. The molecule has 0 spiro atoms. The number of anilines is 1. The number of thioether (sulfide) groups is 1. The van der Waals surface area contributed by atoms with Crippen LogP contribution >= 0.6 is 11.8 Å². The number of fused-ring (bicyclic) bond motifs is 4. The second-order valence-electron chi connectivity index (χ2n) is 8.55. The predicted molar refractivity (Wildman–Crippen MR) is 144 cm³/mol. The molecular formula is C30H20N4S. The molecule has 0 fully saturated rings. The topological polar surface area (TPSA) is 50.7 Å². The molecule has 35 heavy (non-hydrogen) atoms. The first-order valence-electron chi connectivity index (χ1n) is 11.6. The van der Waals surface area contributed by atoms with E-state index in [0.29, 0.717) is 5.82 Å². The zero-order chi connectivity index (χ0) is 23.2. The molecule has 1 unspecified atom stereocenters. The molecule has 0 saturated carbocycles. The minimum atomic E-state index is 0.102. The van der Waals surface area contributed by atoms with Crippen molar-refractivity contribution in [2.24, 2.45) is 0 Å². The van der Waals surface area contributed by atoms with Gasteiger partial charge in [-0.3, -0.25) is 4.98 Å². The van der Waals surface area contributed by atoms with E-state index in [4.69, 9.17) is 15.0 Å². The van der Waals surface area contributed by atoms with Crippen LogP contribution in [-0.2, 0) is 0 Å². The number of benzene rings is 4. The fourth-order valence-electron chi connectivity index (χ4n) is 4.65. The van der Waals surface area contributed by atoms with E-state index in [0.717, 1.165) is 44.5 Å². The van der Waals surface area contributed by atoms with Crippen LogP contribution in [0.3, 0.4) is 0 Å². The van der Waals surface area contributed by atoms with Gasteiger partial charge < -0.3 is 5.32 Å². The number of nitrogens with one attached hydrogen (secondary N) is 1. The van der Waals surface area contributed by atoms with Gasteiger partial charge in [-0.1, -0.05) is 84.6 Å². The van der Waals surface area contributed by atoms with Crippen LogP contribution in [0.25, 0.3) is 44.3 Å². The first-order valence-corrected chi connectivity index (χ1v) is 12.4. The van der Waals surface area contributed by atoms with Crippen LogP contribution in [-0.4, -0.2) is 15.0 Å². The van der Waals surface area contributed by atoms with E-state index in [9.17, 15) is 0 Å². The Balaban J connectivity index is 1.33. The van der Waals surface area contributed by atoms with E-state index >= 15 is 0 Å². The average molecular weight is 469 g/mol. The largest absolute Gasteiger partial charge is 0.367 e. The van der Waals surface area contributed by atoms with Crippen molar-refractivity contribution in [3.05, 3.63) is 115 Å². The zero-order valence-corrected chi connectivity index (χ0v) is 19.5. The van der Waals surface area contributed by atoms with Gasteiger partial charge >= 0.3 is 0 Å². The quantitative estimate of drug-likeness (QED) is 0.269. The molecule has 5 heteroatoms. The van der Waals surface area contributed by atoms with Crippen LogP contribution in [0.4, 0.5) is 5.69 Å². The Labute approximate surface area is 207 Å². The Morgan fingerprint density at radius 3 is 2.37 bits per heavy atom. The van der Waals surface area contributed by atoms with Crippen LogP contribution in [0.2, 0.25) is 0 Å². The number of pyridine rings is 1. The van der Waals surface area contributed by atoms with Gasteiger partial charge in [-0.25, -0.2) is 9.97 Å². The molecule has 166 valence electrons. The third-order valence-corrected chi connectivity index (χ3v) is 7.57. The molecule has 0 radical (unpaired) electrons. The average Bonchev–Trinajstić information content (AvgIpc) is 3.37. The summed E-state index contributed by atoms with van der Waals surface area (Å²) in [6.45, 7) is 0.